The van der Waals surface area contributed by atoms with Crippen molar-refractivity contribution in [3.05, 3.63) is 35.4 Å². The molecule has 1 aliphatic heterocycles. The zero-order chi connectivity index (χ0) is 13.0. The molecule has 1 fully saturated rings. The van der Waals surface area contributed by atoms with E-state index in [9.17, 15) is 0 Å². The van der Waals surface area contributed by atoms with E-state index in [1.54, 1.807) is 0 Å². The largest absolute Gasteiger partial charge is 0.306 e. The fourth-order valence-electron chi connectivity index (χ4n) is 2.60. The van der Waals surface area contributed by atoms with E-state index in [1.165, 1.54) is 24.9 Å². The van der Waals surface area contributed by atoms with Crippen LogP contribution in [0, 0.1) is 11.3 Å². The average molecular weight is 243 g/mol. The number of hydrogen-bond donors (Lipinski definition) is 1. The molecule has 2 unspecified atom stereocenters. The van der Waals surface area contributed by atoms with Gasteiger partial charge in [0.2, 0.25) is 0 Å². The number of nitrogens with one attached hydrogen (secondary N) is 1. The Hall–Kier alpha value is -1.37. The van der Waals surface area contributed by atoms with Gasteiger partial charge in [0.1, 0.15) is 0 Å². The number of nitriles is 1. The van der Waals surface area contributed by atoms with Gasteiger partial charge in [0.25, 0.3) is 0 Å². The monoisotopic (exact) mass is 243 g/mol. The van der Waals surface area contributed by atoms with Crippen molar-refractivity contribution in [2.75, 3.05) is 20.1 Å². The van der Waals surface area contributed by atoms with Crippen molar-refractivity contribution >= 4 is 0 Å². The van der Waals surface area contributed by atoms with Crippen molar-refractivity contribution in [2.45, 2.75) is 31.8 Å². The zero-order valence-corrected chi connectivity index (χ0v) is 11.2. The third-order valence-corrected chi connectivity index (χ3v) is 3.65. The minimum absolute atomic E-state index is 0.342. The highest BCUT2D eigenvalue weighted by Gasteiger charge is 2.19. The van der Waals surface area contributed by atoms with Crippen LogP contribution in [0.5, 0.6) is 0 Å². The minimum Gasteiger partial charge on any atom is -0.306 e. The zero-order valence-electron chi connectivity index (χ0n) is 11.2. The van der Waals surface area contributed by atoms with Gasteiger partial charge in [0.15, 0.2) is 0 Å². The van der Waals surface area contributed by atoms with Gasteiger partial charge >= 0.3 is 0 Å². The lowest BCUT2D eigenvalue weighted by Crippen LogP contribution is -2.44. The summed E-state index contributed by atoms with van der Waals surface area (Å²) in [5.41, 5.74) is 1.98. The molecule has 18 heavy (non-hydrogen) atoms. The van der Waals surface area contributed by atoms with Crippen molar-refractivity contribution < 1.29 is 0 Å². The smallest absolute Gasteiger partial charge is 0.0991 e. The third kappa shape index (κ3) is 3.32. The summed E-state index contributed by atoms with van der Waals surface area (Å²) in [6.45, 7) is 4.53. The SMILES string of the molecule is CC(NC1CCCN(C)C1)c1ccc(C#N)cc1. The van der Waals surface area contributed by atoms with Crippen molar-refractivity contribution in [1.82, 2.24) is 10.2 Å². The fourth-order valence-corrected chi connectivity index (χ4v) is 2.60. The summed E-state index contributed by atoms with van der Waals surface area (Å²) in [5.74, 6) is 0. The van der Waals surface area contributed by atoms with Crippen molar-refractivity contribution in [1.29, 1.82) is 5.26 Å². The predicted molar refractivity (Wildman–Crippen MR) is 73.2 cm³/mol. The second-order valence-electron chi connectivity index (χ2n) is 5.22. The van der Waals surface area contributed by atoms with Crippen LogP contribution < -0.4 is 5.32 Å². The van der Waals surface area contributed by atoms with E-state index < -0.39 is 0 Å². The Kier molecular flexibility index (Phi) is 4.35. The van der Waals surface area contributed by atoms with Gasteiger partial charge in [-0.3, -0.25) is 0 Å². The highest BCUT2D eigenvalue weighted by atomic mass is 15.1. The molecule has 3 nitrogen and oxygen atoms in total. The summed E-state index contributed by atoms with van der Waals surface area (Å²) in [6, 6.07) is 10.9. The number of nitrogens with zero attached hydrogens (tertiary/aromatic N) is 2. The number of likely N-dealkylation sites (tertiary alicyclic amines) is 1. The van der Waals surface area contributed by atoms with Crippen LogP contribution in [-0.4, -0.2) is 31.1 Å². The Morgan fingerprint density at radius 1 is 1.39 bits per heavy atom. The summed E-state index contributed by atoms with van der Waals surface area (Å²) >= 11 is 0. The highest BCUT2D eigenvalue weighted by molar-refractivity contribution is 5.32. The first kappa shape index (κ1) is 13.1. The number of rotatable bonds is 3. The second kappa shape index (κ2) is 5.99. The van der Waals surface area contributed by atoms with Crippen molar-refractivity contribution in [3.8, 4) is 6.07 Å². The van der Waals surface area contributed by atoms with E-state index in [2.05, 4.69) is 30.3 Å². The van der Waals surface area contributed by atoms with E-state index >= 15 is 0 Å². The number of hydrogen-bond acceptors (Lipinski definition) is 3. The number of benzene rings is 1. The molecule has 2 atom stereocenters. The molecule has 0 aliphatic carbocycles. The van der Waals surface area contributed by atoms with Gasteiger partial charge in [0.05, 0.1) is 11.6 Å². The molecule has 1 saturated heterocycles. The predicted octanol–water partition coefficient (Wildman–Crippen LogP) is 2.30. The van der Waals surface area contributed by atoms with Crippen molar-refractivity contribution in [2.24, 2.45) is 0 Å². The van der Waals surface area contributed by atoms with Crippen LogP contribution in [0.15, 0.2) is 24.3 Å². The summed E-state index contributed by atoms with van der Waals surface area (Å²) < 4.78 is 0. The Balaban J connectivity index is 1.94. The molecule has 0 radical (unpaired) electrons. The Morgan fingerprint density at radius 2 is 2.11 bits per heavy atom. The van der Waals surface area contributed by atoms with E-state index in [1.807, 2.05) is 24.3 Å². The molecule has 2 rings (SSSR count). The Morgan fingerprint density at radius 3 is 2.72 bits per heavy atom. The van der Waals surface area contributed by atoms with Crippen LogP contribution in [-0.2, 0) is 0 Å². The maximum atomic E-state index is 8.79. The molecule has 1 heterocycles. The average Bonchev–Trinajstić information content (AvgIpc) is 2.39. The molecule has 1 N–H and O–H groups in total. The molecule has 1 aromatic rings. The molecule has 1 aliphatic rings. The van der Waals surface area contributed by atoms with E-state index in [0.717, 1.165) is 12.1 Å². The molecule has 0 spiro atoms. The van der Waals surface area contributed by atoms with Gasteiger partial charge < -0.3 is 10.2 Å². The molecule has 0 amide bonds. The summed E-state index contributed by atoms with van der Waals surface area (Å²) in [6.07, 6.45) is 2.53. The van der Waals surface area contributed by atoms with Gasteiger partial charge in [-0.2, -0.15) is 5.26 Å². The molecule has 0 saturated carbocycles. The van der Waals surface area contributed by atoms with E-state index in [4.69, 9.17) is 5.26 Å². The normalized spacial score (nSPS) is 22.4. The summed E-state index contributed by atoms with van der Waals surface area (Å²) in [4.78, 5) is 2.38. The topological polar surface area (TPSA) is 39.1 Å². The van der Waals surface area contributed by atoms with Gasteiger partial charge in [-0.25, -0.2) is 0 Å². The standard InChI is InChI=1S/C15H21N3/c1-12(14-7-5-13(10-16)6-8-14)17-15-4-3-9-18(2)11-15/h5-8,12,15,17H,3-4,9,11H2,1-2H3. The molecule has 96 valence electrons. The highest BCUT2D eigenvalue weighted by Crippen LogP contribution is 2.17. The minimum atomic E-state index is 0.342. The van der Waals surface area contributed by atoms with E-state index in [0.29, 0.717) is 12.1 Å². The van der Waals surface area contributed by atoms with Gasteiger partial charge in [0, 0.05) is 18.6 Å². The lowest BCUT2D eigenvalue weighted by atomic mass is 10.0. The molecule has 3 heteroatoms. The Bertz CT molecular complexity index is 418. The van der Waals surface area contributed by atoms with Crippen LogP contribution in [0.3, 0.4) is 0 Å². The first-order valence-corrected chi connectivity index (χ1v) is 6.63. The first-order chi connectivity index (χ1) is 8.69. The Labute approximate surface area is 109 Å². The summed E-state index contributed by atoms with van der Waals surface area (Å²) in [5, 5.41) is 12.5. The number of likely N-dealkylation sites (N-methyl/N-ethyl adjacent to an activating group) is 1. The molecule has 0 bridgehead atoms. The second-order valence-corrected chi connectivity index (χ2v) is 5.22. The maximum absolute atomic E-state index is 8.79. The lowest BCUT2D eigenvalue weighted by molar-refractivity contribution is 0.218. The van der Waals surface area contributed by atoms with Crippen LogP contribution in [0.25, 0.3) is 0 Å². The molecule has 0 aromatic heterocycles. The summed E-state index contributed by atoms with van der Waals surface area (Å²) in [7, 11) is 2.18. The maximum Gasteiger partial charge on any atom is 0.0991 e. The molecular weight excluding hydrogens is 222 g/mol. The van der Waals surface area contributed by atoms with Crippen LogP contribution >= 0.6 is 0 Å². The number of piperidine rings is 1. The van der Waals surface area contributed by atoms with Crippen LogP contribution in [0.2, 0.25) is 0 Å². The van der Waals surface area contributed by atoms with Gasteiger partial charge in [-0.1, -0.05) is 12.1 Å². The fraction of sp³-hybridized carbons (Fsp3) is 0.533. The third-order valence-electron chi connectivity index (χ3n) is 3.65. The molecular formula is C15H21N3. The quantitative estimate of drug-likeness (QED) is 0.885. The molecule has 1 aromatic carbocycles. The van der Waals surface area contributed by atoms with Gasteiger partial charge in [-0.05, 0) is 51.1 Å². The first-order valence-electron chi connectivity index (χ1n) is 6.63. The van der Waals surface area contributed by atoms with E-state index in [-0.39, 0.29) is 0 Å². The van der Waals surface area contributed by atoms with Crippen LogP contribution in [0.4, 0.5) is 0 Å². The van der Waals surface area contributed by atoms with Crippen molar-refractivity contribution in [3.63, 3.8) is 0 Å². The van der Waals surface area contributed by atoms with Crippen LogP contribution in [0.1, 0.15) is 36.9 Å². The van der Waals surface area contributed by atoms with Gasteiger partial charge in [-0.15, -0.1) is 0 Å². The lowest BCUT2D eigenvalue weighted by Gasteiger charge is -2.32.